The van der Waals surface area contributed by atoms with Crippen LogP contribution in [-0.2, 0) is 0 Å². The van der Waals surface area contributed by atoms with Crippen molar-refractivity contribution in [3.63, 3.8) is 0 Å². The molecule has 100 valence electrons. The Morgan fingerprint density at radius 1 is 1.28 bits per heavy atom. The number of benzene rings is 1. The molecule has 1 saturated heterocycles. The molecule has 0 aromatic heterocycles. The lowest BCUT2D eigenvalue weighted by molar-refractivity contribution is 0.226. The summed E-state index contributed by atoms with van der Waals surface area (Å²) in [5, 5.41) is 4.54. The highest BCUT2D eigenvalue weighted by Crippen LogP contribution is 2.33. The molecule has 18 heavy (non-hydrogen) atoms. The van der Waals surface area contributed by atoms with Crippen LogP contribution in [0.4, 0.5) is 11.4 Å². The highest BCUT2D eigenvalue weighted by molar-refractivity contribution is 6.39. The third-order valence-electron chi connectivity index (χ3n) is 3.47. The Labute approximate surface area is 118 Å². The highest BCUT2D eigenvalue weighted by atomic mass is 35.5. The highest BCUT2D eigenvalue weighted by Gasteiger charge is 2.17. The van der Waals surface area contributed by atoms with Gasteiger partial charge in [-0.1, -0.05) is 23.2 Å². The van der Waals surface area contributed by atoms with Crippen LogP contribution in [0.25, 0.3) is 0 Å². The summed E-state index contributed by atoms with van der Waals surface area (Å²) in [6, 6.07) is 3.45. The van der Waals surface area contributed by atoms with Crippen molar-refractivity contribution in [2.45, 2.75) is 12.8 Å². The van der Waals surface area contributed by atoms with E-state index in [4.69, 9.17) is 28.9 Å². The van der Waals surface area contributed by atoms with Gasteiger partial charge >= 0.3 is 0 Å². The van der Waals surface area contributed by atoms with Crippen molar-refractivity contribution in [2.24, 2.45) is 5.92 Å². The molecule has 1 aliphatic heterocycles. The Hall–Kier alpha value is -0.640. The molecule has 0 atom stereocenters. The Balaban J connectivity index is 1.94. The van der Waals surface area contributed by atoms with Crippen molar-refractivity contribution in [3.05, 3.63) is 22.2 Å². The second-order valence-electron chi connectivity index (χ2n) is 4.99. The van der Waals surface area contributed by atoms with E-state index in [9.17, 15) is 0 Å². The smallest absolute Gasteiger partial charge is 0.0720 e. The largest absolute Gasteiger partial charge is 0.399 e. The summed E-state index contributed by atoms with van der Waals surface area (Å²) in [4.78, 5) is 2.36. The number of rotatable bonds is 3. The number of likely N-dealkylation sites (tertiary alicyclic amines) is 1. The monoisotopic (exact) mass is 287 g/mol. The Morgan fingerprint density at radius 2 is 1.83 bits per heavy atom. The van der Waals surface area contributed by atoms with Gasteiger partial charge in [-0.05, 0) is 51.0 Å². The van der Waals surface area contributed by atoms with Crippen molar-refractivity contribution in [1.82, 2.24) is 4.90 Å². The number of nitrogen functional groups attached to an aromatic ring is 1. The summed E-state index contributed by atoms with van der Waals surface area (Å²) < 4.78 is 0. The normalized spacial score (nSPS) is 17.9. The second-order valence-corrected chi connectivity index (χ2v) is 5.80. The fraction of sp³-hybridized carbons (Fsp3) is 0.538. The molecule has 1 heterocycles. The first-order valence-electron chi connectivity index (χ1n) is 6.23. The summed E-state index contributed by atoms with van der Waals surface area (Å²) in [6.45, 7) is 3.24. The maximum atomic E-state index is 6.14. The predicted molar refractivity (Wildman–Crippen MR) is 79.6 cm³/mol. The number of hydrogen-bond acceptors (Lipinski definition) is 3. The maximum Gasteiger partial charge on any atom is 0.0720 e. The van der Waals surface area contributed by atoms with Gasteiger partial charge in [0.2, 0.25) is 0 Å². The first kappa shape index (κ1) is 13.8. The van der Waals surface area contributed by atoms with Crippen LogP contribution >= 0.6 is 23.2 Å². The molecule has 3 nitrogen and oxygen atoms in total. The van der Waals surface area contributed by atoms with Crippen molar-refractivity contribution < 1.29 is 0 Å². The molecule has 0 bridgehead atoms. The molecule has 3 N–H and O–H groups in total. The van der Waals surface area contributed by atoms with E-state index in [-0.39, 0.29) is 0 Å². The number of nitrogens with one attached hydrogen (secondary N) is 1. The first-order valence-corrected chi connectivity index (χ1v) is 6.99. The average molecular weight is 288 g/mol. The lowest BCUT2D eigenvalue weighted by Gasteiger charge is -2.29. The SMILES string of the molecule is CN1CCC(CNc2c(Cl)cc(N)cc2Cl)CC1. The van der Waals surface area contributed by atoms with Crippen LogP contribution in [0.1, 0.15) is 12.8 Å². The minimum atomic E-state index is 0.591. The number of hydrogen-bond donors (Lipinski definition) is 2. The minimum Gasteiger partial charge on any atom is -0.399 e. The molecule has 5 heteroatoms. The molecule has 0 unspecified atom stereocenters. The van der Waals surface area contributed by atoms with E-state index in [2.05, 4.69) is 17.3 Å². The van der Waals surface area contributed by atoms with E-state index in [1.165, 1.54) is 12.8 Å². The molecule has 1 aromatic carbocycles. The van der Waals surface area contributed by atoms with Gasteiger partial charge in [-0.25, -0.2) is 0 Å². The van der Waals surface area contributed by atoms with Gasteiger partial charge in [-0.3, -0.25) is 0 Å². The van der Waals surface area contributed by atoms with E-state index >= 15 is 0 Å². The van der Waals surface area contributed by atoms with Gasteiger partial charge in [0, 0.05) is 12.2 Å². The van der Waals surface area contributed by atoms with Crippen molar-refractivity contribution in [1.29, 1.82) is 0 Å². The number of halogens is 2. The summed E-state index contributed by atoms with van der Waals surface area (Å²) in [7, 11) is 2.16. The molecule has 2 rings (SSSR count). The van der Waals surface area contributed by atoms with E-state index in [0.717, 1.165) is 25.3 Å². The van der Waals surface area contributed by atoms with Crippen molar-refractivity contribution >= 4 is 34.6 Å². The number of nitrogens with two attached hydrogens (primary N) is 1. The molecule has 1 aromatic rings. The van der Waals surface area contributed by atoms with Crippen LogP contribution in [-0.4, -0.2) is 31.6 Å². The van der Waals surface area contributed by atoms with Crippen LogP contribution in [0.2, 0.25) is 10.0 Å². The fourth-order valence-electron chi connectivity index (χ4n) is 2.27. The topological polar surface area (TPSA) is 41.3 Å². The van der Waals surface area contributed by atoms with Crippen molar-refractivity contribution in [3.8, 4) is 0 Å². The third-order valence-corrected chi connectivity index (χ3v) is 4.07. The number of nitrogens with zero attached hydrogens (tertiary/aromatic N) is 1. The van der Waals surface area contributed by atoms with Gasteiger partial charge in [0.25, 0.3) is 0 Å². The predicted octanol–water partition coefficient (Wildman–Crippen LogP) is 3.33. The molecular formula is C13H19Cl2N3. The van der Waals surface area contributed by atoms with Crippen LogP contribution in [0.15, 0.2) is 12.1 Å². The zero-order valence-corrected chi connectivity index (χ0v) is 12.1. The summed E-state index contributed by atoms with van der Waals surface area (Å²) in [5.41, 5.74) is 7.07. The van der Waals surface area contributed by atoms with Crippen LogP contribution in [0.5, 0.6) is 0 Å². The molecular weight excluding hydrogens is 269 g/mol. The standard InChI is InChI=1S/C13H19Cl2N3/c1-18-4-2-9(3-5-18)8-17-13-11(14)6-10(16)7-12(13)15/h6-7,9,17H,2-5,8,16H2,1H3. The molecule has 1 fully saturated rings. The third kappa shape index (κ3) is 3.44. The van der Waals surface area contributed by atoms with Gasteiger partial charge in [0.05, 0.1) is 15.7 Å². The van der Waals surface area contributed by atoms with Crippen LogP contribution in [0, 0.1) is 5.92 Å². The lowest BCUT2D eigenvalue weighted by atomic mass is 9.97. The molecule has 0 saturated carbocycles. The first-order chi connectivity index (χ1) is 8.56. The zero-order chi connectivity index (χ0) is 13.1. The van der Waals surface area contributed by atoms with Crippen molar-refractivity contribution in [2.75, 3.05) is 37.7 Å². The number of anilines is 2. The lowest BCUT2D eigenvalue weighted by Crippen LogP contribution is -2.33. The summed E-state index contributed by atoms with van der Waals surface area (Å²) >= 11 is 12.3. The zero-order valence-electron chi connectivity index (χ0n) is 10.5. The second kappa shape index (κ2) is 6.00. The molecule has 0 aliphatic carbocycles. The minimum absolute atomic E-state index is 0.591. The fourth-order valence-corrected chi connectivity index (χ4v) is 2.91. The van der Waals surface area contributed by atoms with Crippen LogP contribution in [0.3, 0.4) is 0 Å². The van der Waals surface area contributed by atoms with Gasteiger partial charge in [-0.2, -0.15) is 0 Å². The van der Waals surface area contributed by atoms with E-state index < -0.39 is 0 Å². The van der Waals surface area contributed by atoms with E-state index in [1.807, 2.05) is 0 Å². The quantitative estimate of drug-likeness (QED) is 0.838. The van der Waals surface area contributed by atoms with E-state index in [0.29, 0.717) is 21.7 Å². The van der Waals surface area contributed by atoms with Crippen LogP contribution < -0.4 is 11.1 Å². The van der Waals surface area contributed by atoms with Gasteiger partial charge in [0.15, 0.2) is 0 Å². The van der Waals surface area contributed by atoms with Gasteiger partial charge in [-0.15, -0.1) is 0 Å². The van der Waals surface area contributed by atoms with Gasteiger partial charge in [0.1, 0.15) is 0 Å². The summed E-state index contributed by atoms with van der Waals surface area (Å²) in [6.07, 6.45) is 2.43. The Kier molecular flexibility index (Phi) is 4.60. The average Bonchev–Trinajstić information content (AvgIpc) is 2.30. The Morgan fingerprint density at radius 3 is 2.39 bits per heavy atom. The molecule has 1 aliphatic rings. The molecule has 0 radical (unpaired) electrons. The summed E-state index contributed by atoms with van der Waals surface area (Å²) in [5.74, 6) is 0.686. The maximum absolute atomic E-state index is 6.14. The molecule has 0 spiro atoms. The number of piperidine rings is 1. The van der Waals surface area contributed by atoms with E-state index in [1.54, 1.807) is 12.1 Å². The Bertz CT molecular complexity index is 392. The van der Waals surface area contributed by atoms with Gasteiger partial charge < -0.3 is 16.0 Å². The molecule has 0 amide bonds.